The highest BCUT2D eigenvalue weighted by atomic mass is 32.2. The van der Waals surface area contributed by atoms with E-state index in [0.717, 1.165) is 17.5 Å². The summed E-state index contributed by atoms with van der Waals surface area (Å²) < 4.78 is 2.03. The monoisotopic (exact) mass is 212 g/mol. The standard InChI is InChI=1S/C9H16N4S/c1-10-5-7-6-13(12-11-7)8-3-4-9(8)14-2/h6,8-10H,3-5H2,1-2H3. The third-order valence-electron chi connectivity index (χ3n) is 2.73. The fourth-order valence-corrected chi connectivity index (χ4v) is 2.71. The van der Waals surface area contributed by atoms with Crippen molar-refractivity contribution in [2.45, 2.75) is 30.7 Å². The predicted molar refractivity (Wildman–Crippen MR) is 58.4 cm³/mol. The van der Waals surface area contributed by atoms with E-state index in [1.165, 1.54) is 12.8 Å². The molecule has 2 atom stereocenters. The topological polar surface area (TPSA) is 42.7 Å². The maximum absolute atomic E-state index is 4.17. The van der Waals surface area contributed by atoms with E-state index in [1.54, 1.807) is 0 Å². The van der Waals surface area contributed by atoms with E-state index < -0.39 is 0 Å². The summed E-state index contributed by atoms with van der Waals surface area (Å²) in [6.45, 7) is 0.802. The predicted octanol–water partition coefficient (Wildman–Crippen LogP) is 1.06. The van der Waals surface area contributed by atoms with Gasteiger partial charge in [-0.1, -0.05) is 5.21 Å². The SMILES string of the molecule is CNCc1cn(C2CCC2SC)nn1. The molecule has 0 bridgehead atoms. The number of hydrogen-bond donors (Lipinski definition) is 1. The lowest BCUT2D eigenvalue weighted by Crippen LogP contribution is -2.31. The van der Waals surface area contributed by atoms with Crippen molar-refractivity contribution in [3.8, 4) is 0 Å². The summed E-state index contributed by atoms with van der Waals surface area (Å²) in [5.41, 5.74) is 1.03. The molecule has 4 nitrogen and oxygen atoms in total. The molecule has 1 aliphatic carbocycles. The van der Waals surface area contributed by atoms with E-state index in [4.69, 9.17) is 0 Å². The summed E-state index contributed by atoms with van der Waals surface area (Å²) in [6, 6.07) is 0.572. The van der Waals surface area contributed by atoms with Crippen molar-refractivity contribution in [3.05, 3.63) is 11.9 Å². The summed E-state index contributed by atoms with van der Waals surface area (Å²) in [5, 5.41) is 12.1. The first-order valence-electron chi connectivity index (χ1n) is 4.93. The Kier molecular flexibility index (Phi) is 3.08. The molecule has 1 aromatic heterocycles. The lowest BCUT2D eigenvalue weighted by atomic mass is 9.92. The van der Waals surface area contributed by atoms with E-state index in [9.17, 15) is 0 Å². The number of rotatable bonds is 4. The van der Waals surface area contributed by atoms with Crippen molar-refractivity contribution in [1.29, 1.82) is 0 Å². The van der Waals surface area contributed by atoms with Crippen LogP contribution in [0.3, 0.4) is 0 Å². The Hall–Kier alpha value is -0.550. The molecule has 1 fully saturated rings. The van der Waals surface area contributed by atoms with Gasteiger partial charge in [0.05, 0.1) is 17.9 Å². The first-order chi connectivity index (χ1) is 6.85. The number of thioether (sulfide) groups is 1. The lowest BCUT2D eigenvalue weighted by Gasteiger charge is -2.34. The maximum Gasteiger partial charge on any atom is 0.0964 e. The van der Waals surface area contributed by atoms with Gasteiger partial charge in [-0.15, -0.1) is 5.10 Å². The minimum Gasteiger partial charge on any atom is -0.314 e. The Balaban J connectivity index is 2.02. The second kappa shape index (κ2) is 4.31. The molecule has 0 saturated heterocycles. The first kappa shape index (κ1) is 9.98. The van der Waals surface area contributed by atoms with Gasteiger partial charge in [-0.2, -0.15) is 11.8 Å². The van der Waals surface area contributed by atoms with Gasteiger partial charge in [-0.3, -0.25) is 0 Å². The molecule has 78 valence electrons. The molecule has 0 aromatic carbocycles. The highest BCUT2D eigenvalue weighted by Gasteiger charge is 2.32. The molecule has 1 saturated carbocycles. The minimum atomic E-state index is 0.572. The fraction of sp³-hybridized carbons (Fsp3) is 0.778. The molecule has 0 radical (unpaired) electrons. The van der Waals surface area contributed by atoms with Crippen molar-refractivity contribution in [3.63, 3.8) is 0 Å². The lowest BCUT2D eigenvalue weighted by molar-refractivity contribution is 0.297. The van der Waals surface area contributed by atoms with Gasteiger partial charge in [0.2, 0.25) is 0 Å². The molecule has 14 heavy (non-hydrogen) atoms. The molecule has 0 amide bonds. The van der Waals surface area contributed by atoms with Crippen LogP contribution in [0.5, 0.6) is 0 Å². The van der Waals surface area contributed by atoms with E-state index >= 15 is 0 Å². The maximum atomic E-state index is 4.17. The Bertz CT molecular complexity index is 297. The third-order valence-corrected chi connectivity index (χ3v) is 3.89. The second-order valence-electron chi connectivity index (χ2n) is 3.64. The van der Waals surface area contributed by atoms with E-state index in [2.05, 4.69) is 28.1 Å². The third kappa shape index (κ3) is 1.79. The largest absolute Gasteiger partial charge is 0.314 e. The Labute approximate surface area is 88.4 Å². The second-order valence-corrected chi connectivity index (χ2v) is 4.72. The zero-order valence-corrected chi connectivity index (χ0v) is 9.42. The molecule has 1 heterocycles. The van der Waals surface area contributed by atoms with E-state index in [-0.39, 0.29) is 0 Å². The molecule has 2 unspecified atom stereocenters. The average molecular weight is 212 g/mol. The van der Waals surface area contributed by atoms with E-state index in [1.807, 2.05) is 23.5 Å². The highest BCUT2D eigenvalue weighted by molar-refractivity contribution is 7.99. The number of nitrogens with zero attached hydrogens (tertiary/aromatic N) is 3. The number of aromatic nitrogens is 3. The zero-order chi connectivity index (χ0) is 9.97. The molecule has 1 N–H and O–H groups in total. The van der Waals surface area contributed by atoms with Gasteiger partial charge in [-0.25, -0.2) is 4.68 Å². The quantitative estimate of drug-likeness (QED) is 0.810. The smallest absolute Gasteiger partial charge is 0.0964 e. The van der Waals surface area contributed by atoms with E-state index in [0.29, 0.717) is 6.04 Å². The van der Waals surface area contributed by atoms with Crippen LogP contribution >= 0.6 is 11.8 Å². The van der Waals surface area contributed by atoms with Gasteiger partial charge in [0.25, 0.3) is 0 Å². The van der Waals surface area contributed by atoms with Gasteiger partial charge >= 0.3 is 0 Å². The van der Waals surface area contributed by atoms with Crippen LogP contribution in [0.15, 0.2) is 6.20 Å². The normalized spacial score (nSPS) is 26.1. The molecular weight excluding hydrogens is 196 g/mol. The van der Waals surface area contributed by atoms with Gasteiger partial charge in [0.1, 0.15) is 0 Å². The summed E-state index contributed by atoms with van der Waals surface area (Å²) in [4.78, 5) is 0. The van der Waals surface area contributed by atoms with Crippen molar-refractivity contribution >= 4 is 11.8 Å². The molecular formula is C9H16N4S. The zero-order valence-electron chi connectivity index (χ0n) is 8.60. The molecule has 1 aromatic rings. The molecule has 0 aliphatic heterocycles. The van der Waals surface area contributed by atoms with Crippen LogP contribution in [-0.4, -0.2) is 33.5 Å². The molecule has 5 heteroatoms. The fourth-order valence-electron chi connectivity index (χ4n) is 1.77. The van der Waals surface area contributed by atoms with Crippen molar-refractivity contribution in [2.75, 3.05) is 13.3 Å². The molecule has 0 spiro atoms. The van der Waals surface area contributed by atoms with Gasteiger partial charge in [0, 0.05) is 11.8 Å². The van der Waals surface area contributed by atoms with Crippen LogP contribution in [0.1, 0.15) is 24.6 Å². The summed E-state index contributed by atoms with van der Waals surface area (Å²) in [6.07, 6.45) is 6.78. The van der Waals surface area contributed by atoms with Crippen molar-refractivity contribution in [2.24, 2.45) is 0 Å². The van der Waals surface area contributed by atoms with Crippen LogP contribution < -0.4 is 5.32 Å². The Morgan fingerprint density at radius 2 is 2.50 bits per heavy atom. The van der Waals surface area contributed by atoms with Crippen LogP contribution in [0, 0.1) is 0 Å². The minimum absolute atomic E-state index is 0.572. The van der Waals surface area contributed by atoms with Crippen molar-refractivity contribution < 1.29 is 0 Å². The van der Waals surface area contributed by atoms with Gasteiger partial charge in [-0.05, 0) is 26.1 Å². The Morgan fingerprint density at radius 1 is 1.64 bits per heavy atom. The van der Waals surface area contributed by atoms with Crippen LogP contribution in [0.25, 0.3) is 0 Å². The van der Waals surface area contributed by atoms with Crippen LogP contribution in [-0.2, 0) is 6.54 Å². The average Bonchev–Trinajstić information content (AvgIpc) is 2.53. The highest BCUT2D eigenvalue weighted by Crippen LogP contribution is 2.39. The Morgan fingerprint density at radius 3 is 3.07 bits per heavy atom. The summed E-state index contributed by atoms with van der Waals surface area (Å²) >= 11 is 1.93. The summed E-state index contributed by atoms with van der Waals surface area (Å²) in [5.74, 6) is 0. The van der Waals surface area contributed by atoms with Gasteiger partial charge < -0.3 is 5.32 Å². The van der Waals surface area contributed by atoms with Crippen LogP contribution in [0.4, 0.5) is 0 Å². The number of hydrogen-bond acceptors (Lipinski definition) is 4. The van der Waals surface area contributed by atoms with Gasteiger partial charge in [0.15, 0.2) is 0 Å². The molecule has 1 aliphatic rings. The number of nitrogens with one attached hydrogen (secondary N) is 1. The van der Waals surface area contributed by atoms with Crippen molar-refractivity contribution in [1.82, 2.24) is 20.3 Å². The summed E-state index contributed by atoms with van der Waals surface area (Å²) in [7, 11) is 1.92. The molecule has 2 rings (SSSR count). The first-order valence-corrected chi connectivity index (χ1v) is 6.22. The van der Waals surface area contributed by atoms with Crippen LogP contribution in [0.2, 0.25) is 0 Å².